The predicted octanol–water partition coefficient (Wildman–Crippen LogP) is 7.48. The Balaban J connectivity index is 1.83. The van der Waals surface area contributed by atoms with Crippen LogP contribution in [0.15, 0.2) is 66.7 Å². The lowest BCUT2D eigenvalue weighted by atomic mass is 9.86. The average Bonchev–Trinajstić information content (AvgIpc) is 2.72. The van der Waals surface area contributed by atoms with Gasteiger partial charge in [-0.05, 0) is 59.7 Å². The van der Waals surface area contributed by atoms with E-state index in [0.29, 0.717) is 35.1 Å². The summed E-state index contributed by atoms with van der Waals surface area (Å²) in [4.78, 5) is 15.3. The molecule has 3 aromatic rings. The molecule has 0 unspecified atom stereocenters. The van der Waals surface area contributed by atoms with Gasteiger partial charge >= 0.3 is 0 Å². The highest BCUT2D eigenvalue weighted by molar-refractivity contribution is 6.35. The Morgan fingerprint density at radius 3 is 2.13 bits per heavy atom. The summed E-state index contributed by atoms with van der Waals surface area (Å²) in [5.41, 5.74) is 5.24. The molecule has 0 saturated heterocycles. The van der Waals surface area contributed by atoms with E-state index in [0.717, 1.165) is 11.1 Å². The Morgan fingerprint density at radius 1 is 0.903 bits per heavy atom. The number of aryl methyl sites for hydroxylation is 1. The Bertz CT molecular complexity index is 1030. The fourth-order valence-electron chi connectivity index (χ4n) is 3.44. The average molecular weight is 454 g/mol. The summed E-state index contributed by atoms with van der Waals surface area (Å²) in [6.07, 6.45) is 0.660. The molecule has 0 radical (unpaired) electrons. The number of amides is 1. The van der Waals surface area contributed by atoms with Crippen LogP contribution in [0.1, 0.15) is 53.4 Å². The summed E-state index contributed by atoms with van der Waals surface area (Å²) in [5.74, 6) is 0.0196. The van der Waals surface area contributed by atoms with Gasteiger partial charge in [0.2, 0.25) is 0 Å². The Kier molecular flexibility index (Phi) is 7.46. The third kappa shape index (κ3) is 6.35. The Labute approximate surface area is 195 Å². The van der Waals surface area contributed by atoms with Crippen molar-refractivity contribution >= 4 is 29.1 Å². The fraction of sp³-hybridized carbons (Fsp3) is 0.296. The minimum absolute atomic E-state index is 0.0196. The molecule has 0 heterocycles. The highest BCUT2D eigenvalue weighted by atomic mass is 35.5. The normalized spacial score (nSPS) is 11.4. The molecular weight excluding hydrogens is 425 g/mol. The van der Waals surface area contributed by atoms with E-state index >= 15 is 0 Å². The van der Waals surface area contributed by atoms with Crippen LogP contribution < -0.4 is 0 Å². The zero-order valence-electron chi connectivity index (χ0n) is 18.6. The van der Waals surface area contributed by atoms with E-state index in [4.69, 9.17) is 23.2 Å². The number of rotatable bonds is 6. The molecule has 0 aliphatic carbocycles. The summed E-state index contributed by atoms with van der Waals surface area (Å²) in [6.45, 7) is 9.68. The topological polar surface area (TPSA) is 20.3 Å². The SMILES string of the molecule is Cc1ccc(CN(CCc2ccc(Cl)cc2Cl)C(=O)c2ccc(C(C)(C)C)cc2)cc1. The summed E-state index contributed by atoms with van der Waals surface area (Å²) >= 11 is 12.4. The molecule has 2 nitrogen and oxygen atoms in total. The van der Waals surface area contributed by atoms with E-state index in [1.54, 1.807) is 6.07 Å². The van der Waals surface area contributed by atoms with Gasteiger partial charge in [-0.25, -0.2) is 0 Å². The molecule has 0 fully saturated rings. The highest BCUT2D eigenvalue weighted by Crippen LogP contribution is 2.24. The minimum Gasteiger partial charge on any atom is -0.334 e. The van der Waals surface area contributed by atoms with Gasteiger partial charge in [-0.2, -0.15) is 0 Å². The maximum Gasteiger partial charge on any atom is 0.254 e. The molecule has 3 rings (SSSR count). The number of carbonyl (C=O) groups excluding carboxylic acids is 1. The summed E-state index contributed by atoms with van der Waals surface area (Å²) < 4.78 is 0. The number of hydrogen-bond acceptors (Lipinski definition) is 1. The predicted molar refractivity (Wildman–Crippen MR) is 131 cm³/mol. The van der Waals surface area contributed by atoms with Crippen LogP contribution in [0.2, 0.25) is 10.0 Å². The van der Waals surface area contributed by atoms with Gasteiger partial charge in [0.25, 0.3) is 5.91 Å². The lowest BCUT2D eigenvalue weighted by Crippen LogP contribution is -2.32. The molecule has 1 amide bonds. The van der Waals surface area contributed by atoms with Crippen LogP contribution in [0.4, 0.5) is 0 Å². The van der Waals surface area contributed by atoms with E-state index in [2.05, 4.69) is 52.0 Å². The van der Waals surface area contributed by atoms with E-state index in [1.165, 1.54) is 11.1 Å². The molecule has 0 spiro atoms. The Morgan fingerprint density at radius 2 is 1.55 bits per heavy atom. The van der Waals surface area contributed by atoms with Gasteiger partial charge in [0.1, 0.15) is 0 Å². The van der Waals surface area contributed by atoms with Crippen molar-refractivity contribution in [1.29, 1.82) is 0 Å². The second kappa shape index (κ2) is 9.89. The van der Waals surface area contributed by atoms with Gasteiger partial charge in [0, 0.05) is 28.7 Å². The highest BCUT2D eigenvalue weighted by Gasteiger charge is 2.19. The second-order valence-electron chi connectivity index (χ2n) is 9.03. The van der Waals surface area contributed by atoms with Crippen molar-refractivity contribution in [3.8, 4) is 0 Å². The molecule has 0 saturated carbocycles. The quantitative estimate of drug-likeness (QED) is 0.378. The van der Waals surface area contributed by atoms with Crippen LogP contribution in [-0.4, -0.2) is 17.4 Å². The van der Waals surface area contributed by atoms with E-state index in [1.807, 2.05) is 41.3 Å². The van der Waals surface area contributed by atoms with Crippen molar-refractivity contribution in [2.45, 2.75) is 46.1 Å². The maximum absolute atomic E-state index is 13.4. The molecule has 0 aliphatic heterocycles. The number of hydrogen-bond donors (Lipinski definition) is 0. The lowest BCUT2D eigenvalue weighted by Gasteiger charge is -2.24. The molecule has 162 valence electrons. The molecule has 0 aliphatic rings. The fourth-order valence-corrected chi connectivity index (χ4v) is 3.94. The number of halogens is 2. The van der Waals surface area contributed by atoms with Gasteiger partial charge in [0.15, 0.2) is 0 Å². The van der Waals surface area contributed by atoms with Crippen molar-refractivity contribution in [2.75, 3.05) is 6.54 Å². The molecule has 4 heteroatoms. The molecule has 0 atom stereocenters. The van der Waals surface area contributed by atoms with Crippen LogP contribution in [0, 0.1) is 6.92 Å². The van der Waals surface area contributed by atoms with Gasteiger partial charge in [0.05, 0.1) is 0 Å². The lowest BCUT2D eigenvalue weighted by molar-refractivity contribution is 0.0745. The van der Waals surface area contributed by atoms with E-state index in [-0.39, 0.29) is 11.3 Å². The second-order valence-corrected chi connectivity index (χ2v) is 9.87. The minimum atomic E-state index is 0.0196. The molecule has 0 N–H and O–H groups in total. The van der Waals surface area contributed by atoms with Crippen LogP contribution in [0.5, 0.6) is 0 Å². The smallest absolute Gasteiger partial charge is 0.254 e. The van der Waals surface area contributed by atoms with Crippen LogP contribution in [0.25, 0.3) is 0 Å². The van der Waals surface area contributed by atoms with Crippen molar-refractivity contribution in [3.05, 3.63) is 105 Å². The van der Waals surface area contributed by atoms with Gasteiger partial charge in [-0.3, -0.25) is 4.79 Å². The first-order chi connectivity index (χ1) is 14.6. The largest absolute Gasteiger partial charge is 0.334 e. The zero-order chi connectivity index (χ0) is 22.6. The molecule has 31 heavy (non-hydrogen) atoms. The van der Waals surface area contributed by atoms with Crippen molar-refractivity contribution < 1.29 is 4.79 Å². The monoisotopic (exact) mass is 453 g/mol. The third-order valence-corrected chi connectivity index (χ3v) is 6.03. The van der Waals surface area contributed by atoms with Gasteiger partial charge in [-0.15, -0.1) is 0 Å². The molecule has 0 aromatic heterocycles. The van der Waals surface area contributed by atoms with Crippen molar-refractivity contribution in [3.63, 3.8) is 0 Å². The number of benzene rings is 3. The first-order valence-electron chi connectivity index (χ1n) is 10.5. The summed E-state index contributed by atoms with van der Waals surface area (Å²) in [7, 11) is 0. The van der Waals surface area contributed by atoms with E-state index in [9.17, 15) is 4.79 Å². The Hall–Kier alpha value is -2.29. The standard InChI is InChI=1S/C27H29Cl2NO/c1-19-5-7-20(8-6-19)18-30(16-15-21-11-14-24(28)17-25(21)29)26(31)22-9-12-23(13-10-22)27(2,3)4/h5-14,17H,15-16,18H2,1-4H3. The summed E-state index contributed by atoms with van der Waals surface area (Å²) in [5, 5.41) is 1.24. The molecule has 3 aromatic carbocycles. The zero-order valence-corrected chi connectivity index (χ0v) is 20.1. The van der Waals surface area contributed by atoms with Crippen LogP contribution in [-0.2, 0) is 18.4 Å². The number of carbonyl (C=O) groups is 1. The molecular formula is C27H29Cl2NO. The van der Waals surface area contributed by atoms with Gasteiger partial charge in [-0.1, -0.05) is 92.0 Å². The van der Waals surface area contributed by atoms with Gasteiger partial charge < -0.3 is 4.90 Å². The van der Waals surface area contributed by atoms with E-state index < -0.39 is 0 Å². The third-order valence-electron chi connectivity index (χ3n) is 5.45. The first kappa shape index (κ1) is 23.4. The van der Waals surface area contributed by atoms with Crippen LogP contribution in [0.3, 0.4) is 0 Å². The number of nitrogens with zero attached hydrogens (tertiary/aromatic N) is 1. The first-order valence-corrected chi connectivity index (χ1v) is 11.3. The van der Waals surface area contributed by atoms with Crippen LogP contribution >= 0.6 is 23.2 Å². The summed E-state index contributed by atoms with van der Waals surface area (Å²) in [6, 6.07) is 21.8. The van der Waals surface area contributed by atoms with Crippen molar-refractivity contribution in [2.24, 2.45) is 0 Å². The maximum atomic E-state index is 13.4. The van der Waals surface area contributed by atoms with Crippen molar-refractivity contribution in [1.82, 2.24) is 4.90 Å². The molecule has 0 bridgehead atoms.